The lowest BCUT2D eigenvalue weighted by Crippen LogP contribution is -2.06. The lowest BCUT2D eigenvalue weighted by atomic mass is 10.1. The first-order valence-electron chi connectivity index (χ1n) is 9.38. The van der Waals surface area contributed by atoms with Crippen LogP contribution in [-0.2, 0) is 13.0 Å². The number of aryl methyl sites for hydroxylation is 1. The number of benzene rings is 3. The molecule has 0 spiro atoms. The molecule has 0 radical (unpaired) electrons. The van der Waals surface area contributed by atoms with Crippen LogP contribution in [0.15, 0.2) is 66.7 Å². The van der Waals surface area contributed by atoms with Crippen LogP contribution < -0.4 is 9.47 Å². The number of para-hydroxylation sites is 2. The first-order chi connectivity index (χ1) is 13.7. The van der Waals surface area contributed by atoms with Gasteiger partial charge >= 0.3 is 0 Å². The zero-order chi connectivity index (χ0) is 19.5. The minimum Gasteiger partial charge on any atom is -0.493 e. The van der Waals surface area contributed by atoms with E-state index in [9.17, 15) is 0 Å². The largest absolute Gasteiger partial charge is 0.493 e. The van der Waals surface area contributed by atoms with E-state index < -0.39 is 0 Å². The summed E-state index contributed by atoms with van der Waals surface area (Å²) in [6.07, 6.45) is 0.723. The van der Waals surface area contributed by atoms with Gasteiger partial charge < -0.3 is 14.0 Å². The molecule has 0 fully saturated rings. The Bertz CT molecular complexity index is 1100. The Hall–Kier alpha value is -3.27. The Morgan fingerprint density at radius 2 is 1.54 bits per heavy atom. The Kier molecular flexibility index (Phi) is 5.02. The number of nitrogens with zero attached hydrogens (tertiary/aromatic N) is 2. The van der Waals surface area contributed by atoms with Gasteiger partial charge in [-0.15, -0.1) is 0 Å². The molecule has 0 saturated carbocycles. The third-order valence-electron chi connectivity index (χ3n) is 5.01. The molecule has 0 aliphatic rings. The molecule has 0 aliphatic carbocycles. The fourth-order valence-electron chi connectivity index (χ4n) is 3.49. The Labute approximate surface area is 165 Å². The highest BCUT2D eigenvalue weighted by atomic mass is 16.5. The van der Waals surface area contributed by atoms with Gasteiger partial charge in [0.2, 0.25) is 0 Å². The quantitative estimate of drug-likeness (QED) is 0.478. The fourth-order valence-corrected chi connectivity index (χ4v) is 3.49. The standard InChI is InChI=1S/C24H24N2O2/c1-17-8-10-18(11-9-17)16-26-21-7-5-4-6-20(21)25-24(26)15-19-12-13-22(27-2)23(14-19)28-3/h4-14H,15-16H2,1-3H3. The second-order valence-corrected chi connectivity index (χ2v) is 6.95. The maximum absolute atomic E-state index is 5.46. The van der Waals surface area contributed by atoms with Crippen molar-refractivity contribution in [2.24, 2.45) is 0 Å². The molecule has 28 heavy (non-hydrogen) atoms. The van der Waals surface area contributed by atoms with E-state index in [2.05, 4.69) is 60.0 Å². The predicted molar refractivity (Wildman–Crippen MR) is 112 cm³/mol. The normalized spacial score (nSPS) is 11.0. The van der Waals surface area contributed by atoms with Crippen molar-refractivity contribution in [1.82, 2.24) is 9.55 Å². The van der Waals surface area contributed by atoms with Crippen molar-refractivity contribution in [1.29, 1.82) is 0 Å². The van der Waals surface area contributed by atoms with Crippen LogP contribution >= 0.6 is 0 Å². The molecule has 0 amide bonds. The molecule has 1 heterocycles. The lowest BCUT2D eigenvalue weighted by Gasteiger charge is -2.12. The van der Waals surface area contributed by atoms with E-state index in [-0.39, 0.29) is 0 Å². The molecule has 4 nitrogen and oxygen atoms in total. The van der Waals surface area contributed by atoms with E-state index in [1.807, 2.05) is 18.2 Å². The highest BCUT2D eigenvalue weighted by Crippen LogP contribution is 2.29. The SMILES string of the molecule is COc1ccc(Cc2nc3ccccc3n2Cc2ccc(C)cc2)cc1OC. The number of hydrogen-bond donors (Lipinski definition) is 0. The summed E-state index contributed by atoms with van der Waals surface area (Å²) in [6.45, 7) is 2.91. The lowest BCUT2D eigenvalue weighted by molar-refractivity contribution is 0.354. The smallest absolute Gasteiger partial charge is 0.161 e. The highest BCUT2D eigenvalue weighted by molar-refractivity contribution is 5.76. The van der Waals surface area contributed by atoms with Gasteiger partial charge in [-0.1, -0.05) is 48.0 Å². The number of rotatable bonds is 6. The molecule has 4 rings (SSSR count). The Morgan fingerprint density at radius 3 is 2.29 bits per heavy atom. The maximum Gasteiger partial charge on any atom is 0.161 e. The first-order valence-corrected chi connectivity index (χ1v) is 9.38. The summed E-state index contributed by atoms with van der Waals surface area (Å²) in [4.78, 5) is 4.91. The van der Waals surface area contributed by atoms with Crippen LogP contribution in [0.4, 0.5) is 0 Å². The van der Waals surface area contributed by atoms with Crippen molar-refractivity contribution in [3.63, 3.8) is 0 Å². The number of methoxy groups -OCH3 is 2. The zero-order valence-corrected chi connectivity index (χ0v) is 16.5. The van der Waals surface area contributed by atoms with E-state index in [0.29, 0.717) is 0 Å². The zero-order valence-electron chi connectivity index (χ0n) is 16.5. The third kappa shape index (κ3) is 3.58. The van der Waals surface area contributed by atoms with E-state index >= 15 is 0 Å². The highest BCUT2D eigenvalue weighted by Gasteiger charge is 2.13. The van der Waals surface area contributed by atoms with Gasteiger partial charge in [0.05, 0.1) is 25.3 Å². The van der Waals surface area contributed by atoms with Crippen LogP contribution in [0.25, 0.3) is 11.0 Å². The molecule has 0 saturated heterocycles. The van der Waals surface area contributed by atoms with Crippen LogP contribution in [0.5, 0.6) is 11.5 Å². The molecule has 0 aliphatic heterocycles. The average Bonchev–Trinajstić information content (AvgIpc) is 3.06. The summed E-state index contributed by atoms with van der Waals surface area (Å²) < 4.78 is 13.1. The Morgan fingerprint density at radius 1 is 0.821 bits per heavy atom. The maximum atomic E-state index is 5.46. The molecular weight excluding hydrogens is 348 g/mol. The van der Waals surface area contributed by atoms with Gasteiger partial charge in [0.1, 0.15) is 5.82 Å². The molecule has 1 aromatic heterocycles. The molecule has 4 heteroatoms. The van der Waals surface area contributed by atoms with Crippen LogP contribution in [0.2, 0.25) is 0 Å². The van der Waals surface area contributed by atoms with Crippen LogP contribution in [-0.4, -0.2) is 23.8 Å². The van der Waals surface area contributed by atoms with Crippen molar-refractivity contribution >= 4 is 11.0 Å². The minimum atomic E-state index is 0.723. The molecular formula is C24H24N2O2. The summed E-state index contributed by atoms with van der Waals surface area (Å²) in [7, 11) is 3.31. The third-order valence-corrected chi connectivity index (χ3v) is 5.01. The molecule has 3 aromatic carbocycles. The van der Waals surface area contributed by atoms with E-state index in [0.717, 1.165) is 46.9 Å². The van der Waals surface area contributed by atoms with E-state index in [4.69, 9.17) is 14.5 Å². The molecule has 142 valence electrons. The van der Waals surface area contributed by atoms with E-state index in [1.165, 1.54) is 11.1 Å². The number of fused-ring (bicyclic) bond motifs is 1. The van der Waals surface area contributed by atoms with Crippen molar-refractivity contribution in [2.45, 2.75) is 19.9 Å². The molecule has 0 N–H and O–H groups in total. The predicted octanol–water partition coefficient (Wildman–Crippen LogP) is 5.00. The number of hydrogen-bond acceptors (Lipinski definition) is 3. The van der Waals surface area contributed by atoms with Gasteiger partial charge in [-0.2, -0.15) is 0 Å². The summed E-state index contributed by atoms with van der Waals surface area (Å²) in [5, 5.41) is 0. The summed E-state index contributed by atoms with van der Waals surface area (Å²) >= 11 is 0. The summed E-state index contributed by atoms with van der Waals surface area (Å²) in [5.74, 6) is 2.51. The van der Waals surface area contributed by atoms with Gasteiger partial charge in [-0.05, 0) is 42.3 Å². The molecule has 0 atom stereocenters. The van der Waals surface area contributed by atoms with Crippen molar-refractivity contribution in [2.75, 3.05) is 14.2 Å². The van der Waals surface area contributed by atoms with Gasteiger partial charge in [0.15, 0.2) is 11.5 Å². The molecule has 0 unspecified atom stereocenters. The topological polar surface area (TPSA) is 36.3 Å². The van der Waals surface area contributed by atoms with Crippen LogP contribution in [0.1, 0.15) is 22.5 Å². The molecule has 4 aromatic rings. The average molecular weight is 372 g/mol. The molecule has 0 bridgehead atoms. The second-order valence-electron chi connectivity index (χ2n) is 6.95. The first kappa shape index (κ1) is 18.1. The monoisotopic (exact) mass is 372 g/mol. The van der Waals surface area contributed by atoms with Gasteiger partial charge in [0.25, 0.3) is 0 Å². The van der Waals surface area contributed by atoms with Crippen LogP contribution in [0.3, 0.4) is 0 Å². The van der Waals surface area contributed by atoms with Gasteiger partial charge in [0, 0.05) is 13.0 Å². The number of ether oxygens (including phenoxy) is 2. The van der Waals surface area contributed by atoms with Crippen LogP contribution in [0, 0.1) is 6.92 Å². The summed E-state index contributed by atoms with van der Waals surface area (Å²) in [5.41, 5.74) is 5.84. The Balaban J connectivity index is 1.73. The fraction of sp³-hybridized carbons (Fsp3) is 0.208. The second kappa shape index (κ2) is 7.77. The van der Waals surface area contributed by atoms with Crippen molar-refractivity contribution in [3.05, 3.63) is 89.2 Å². The van der Waals surface area contributed by atoms with Crippen molar-refractivity contribution < 1.29 is 9.47 Å². The van der Waals surface area contributed by atoms with Gasteiger partial charge in [-0.3, -0.25) is 0 Å². The number of aromatic nitrogens is 2. The van der Waals surface area contributed by atoms with E-state index in [1.54, 1.807) is 14.2 Å². The van der Waals surface area contributed by atoms with Crippen molar-refractivity contribution in [3.8, 4) is 11.5 Å². The summed E-state index contributed by atoms with van der Waals surface area (Å²) in [6, 6.07) is 23.0. The van der Waals surface area contributed by atoms with Gasteiger partial charge in [-0.25, -0.2) is 4.98 Å². The number of imidazole rings is 1. The minimum absolute atomic E-state index is 0.723.